The first-order valence-corrected chi connectivity index (χ1v) is 7.64. The summed E-state index contributed by atoms with van der Waals surface area (Å²) in [5, 5.41) is 9.09. The molecule has 4 nitrogen and oxygen atoms in total. The van der Waals surface area contributed by atoms with Crippen LogP contribution in [-0.2, 0) is 16.0 Å². The van der Waals surface area contributed by atoms with Crippen LogP contribution in [0.15, 0.2) is 22.7 Å². The fourth-order valence-corrected chi connectivity index (χ4v) is 3.01. The van der Waals surface area contributed by atoms with Gasteiger partial charge < -0.3 is 10.0 Å². The Morgan fingerprint density at radius 3 is 2.76 bits per heavy atom. The van der Waals surface area contributed by atoms with Gasteiger partial charge in [-0.25, -0.2) is 4.39 Å². The molecule has 114 valence electrons. The van der Waals surface area contributed by atoms with Gasteiger partial charge in [0.05, 0.1) is 16.8 Å². The zero-order valence-corrected chi connectivity index (χ0v) is 13.3. The second-order valence-electron chi connectivity index (χ2n) is 5.43. The lowest BCUT2D eigenvalue weighted by Crippen LogP contribution is -2.47. The van der Waals surface area contributed by atoms with Crippen LogP contribution in [0.1, 0.15) is 25.3 Å². The normalized spacial score (nSPS) is 22.1. The van der Waals surface area contributed by atoms with Gasteiger partial charge in [0, 0.05) is 12.6 Å². The molecule has 0 saturated carbocycles. The van der Waals surface area contributed by atoms with E-state index in [9.17, 15) is 14.0 Å². The van der Waals surface area contributed by atoms with Crippen LogP contribution in [0.2, 0.25) is 0 Å². The van der Waals surface area contributed by atoms with Crippen molar-refractivity contribution in [1.29, 1.82) is 0 Å². The fraction of sp³-hybridized carbons (Fsp3) is 0.467. The molecular formula is C15H17BrFNO3. The summed E-state index contributed by atoms with van der Waals surface area (Å²) in [4.78, 5) is 25.1. The van der Waals surface area contributed by atoms with E-state index in [1.165, 1.54) is 6.07 Å². The zero-order chi connectivity index (χ0) is 15.6. The molecule has 2 unspecified atom stereocenters. The lowest BCUT2D eigenvalue weighted by atomic mass is 9.93. The largest absolute Gasteiger partial charge is 0.481 e. The molecular weight excluding hydrogens is 341 g/mol. The SMILES string of the molecule is CC1CCC(C(=O)O)CN1C(=O)Cc1ccc(F)c(Br)c1. The van der Waals surface area contributed by atoms with Crippen LogP contribution in [0.25, 0.3) is 0 Å². The molecule has 0 radical (unpaired) electrons. The number of likely N-dealkylation sites (tertiary alicyclic amines) is 1. The zero-order valence-electron chi connectivity index (χ0n) is 11.7. The molecule has 1 aliphatic rings. The number of aliphatic carboxylic acids is 1. The molecule has 21 heavy (non-hydrogen) atoms. The minimum atomic E-state index is -0.857. The molecule has 1 saturated heterocycles. The summed E-state index contributed by atoms with van der Waals surface area (Å²) >= 11 is 3.09. The Labute approximate surface area is 131 Å². The van der Waals surface area contributed by atoms with Crippen molar-refractivity contribution in [1.82, 2.24) is 4.90 Å². The van der Waals surface area contributed by atoms with Crippen LogP contribution < -0.4 is 0 Å². The number of carboxylic acids is 1. The van der Waals surface area contributed by atoms with Gasteiger partial charge in [0.2, 0.25) is 5.91 Å². The molecule has 2 atom stereocenters. The maximum atomic E-state index is 13.2. The van der Waals surface area contributed by atoms with E-state index in [2.05, 4.69) is 15.9 Å². The van der Waals surface area contributed by atoms with Crippen LogP contribution in [-0.4, -0.2) is 34.5 Å². The summed E-state index contributed by atoms with van der Waals surface area (Å²) in [5.41, 5.74) is 0.706. The van der Waals surface area contributed by atoms with Crippen molar-refractivity contribution in [3.8, 4) is 0 Å². The first-order chi connectivity index (χ1) is 9.88. The summed E-state index contributed by atoms with van der Waals surface area (Å²) in [6.07, 6.45) is 1.44. The smallest absolute Gasteiger partial charge is 0.308 e. The minimum Gasteiger partial charge on any atom is -0.481 e. The van der Waals surface area contributed by atoms with Gasteiger partial charge in [0.1, 0.15) is 5.82 Å². The van der Waals surface area contributed by atoms with Crippen LogP contribution in [0.5, 0.6) is 0 Å². The summed E-state index contributed by atoms with van der Waals surface area (Å²) in [7, 11) is 0. The number of amides is 1. The second kappa shape index (κ2) is 6.56. The number of benzene rings is 1. The van der Waals surface area contributed by atoms with Crippen molar-refractivity contribution in [2.75, 3.05) is 6.54 Å². The number of piperidine rings is 1. The lowest BCUT2D eigenvalue weighted by Gasteiger charge is -2.36. The molecule has 1 heterocycles. The number of rotatable bonds is 3. The van der Waals surface area contributed by atoms with Crippen molar-refractivity contribution in [3.05, 3.63) is 34.1 Å². The van der Waals surface area contributed by atoms with Gasteiger partial charge in [-0.1, -0.05) is 6.07 Å². The van der Waals surface area contributed by atoms with E-state index >= 15 is 0 Å². The van der Waals surface area contributed by atoms with E-state index in [1.807, 2.05) is 6.92 Å². The third-order valence-electron chi connectivity index (χ3n) is 3.89. The number of hydrogen-bond acceptors (Lipinski definition) is 2. The highest BCUT2D eigenvalue weighted by Gasteiger charge is 2.32. The highest BCUT2D eigenvalue weighted by Crippen LogP contribution is 2.24. The second-order valence-corrected chi connectivity index (χ2v) is 6.29. The first kappa shape index (κ1) is 15.9. The van der Waals surface area contributed by atoms with Crippen LogP contribution >= 0.6 is 15.9 Å². The predicted molar refractivity (Wildman–Crippen MR) is 79.3 cm³/mol. The maximum absolute atomic E-state index is 13.2. The Morgan fingerprint density at radius 2 is 2.14 bits per heavy atom. The van der Waals surface area contributed by atoms with Crippen molar-refractivity contribution in [2.45, 2.75) is 32.2 Å². The number of carbonyl (C=O) groups is 2. The molecule has 0 aliphatic carbocycles. The predicted octanol–water partition coefficient (Wildman–Crippen LogP) is 2.84. The summed E-state index contributed by atoms with van der Waals surface area (Å²) in [5.74, 6) is -1.84. The monoisotopic (exact) mass is 357 g/mol. The van der Waals surface area contributed by atoms with E-state index in [1.54, 1.807) is 17.0 Å². The van der Waals surface area contributed by atoms with Gasteiger partial charge in [-0.3, -0.25) is 9.59 Å². The molecule has 2 rings (SSSR count). The van der Waals surface area contributed by atoms with Gasteiger partial charge in [0.15, 0.2) is 0 Å². The average Bonchev–Trinajstić information content (AvgIpc) is 2.43. The molecule has 1 N–H and O–H groups in total. The van der Waals surface area contributed by atoms with Crippen LogP contribution in [0.4, 0.5) is 4.39 Å². The Bertz CT molecular complexity index is 564. The third-order valence-corrected chi connectivity index (χ3v) is 4.50. The van der Waals surface area contributed by atoms with E-state index in [4.69, 9.17) is 5.11 Å². The number of carboxylic acid groups (broad SMARTS) is 1. The molecule has 0 bridgehead atoms. The maximum Gasteiger partial charge on any atom is 0.308 e. The van der Waals surface area contributed by atoms with Gasteiger partial charge in [-0.2, -0.15) is 0 Å². The molecule has 1 aliphatic heterocycles. The molecule has 0 spiro atoms. The number of halogens is 2. The Hall–Kier alpha value is -1.43. The van der Waals surface area contributed by atoms with Crippen molar-refractivity contribution in [3.63, 3.8) is 0 Å². The Morgan fingerprint density at radius 1 is 1.43 bits per heavy atom. The lowest BCUT2D eigenvalue weighted by molar-refractivity contribution is -0.146. The summed E-state index contributed by atoms with van der Waals surface area (Å²) in [6, 6.07) is 4.50. The highest BCUT2D eigenvalue weighted by molar-refractivity contribution is 9.10. The number of hydrogen-bond donors (Lipinski definition) is 1. The van der Waals surface area contributed by atoms with Gasteiger partial charge in [-0.05, 0) is 53.4 Å². The molecule has 1 aromatic rings. The molecule has 6 heteroatoms. The standard InChI is InChI=1S/C15H17BrFNO3/c1-9-2-4-11(15(20)21)8-18(9)14(19)7-10-3-5-13(17)12(16)6-10/h3,5-6,9,11H,2,4,7-8H2,1H3,(H,20,21). The molecule has 1 amide bonds. The van der Waals surface area contributed by atoms with Crippen molar-refractivity contribution in [2.24, 2.45) is 5.92 Å². The topological polar surface area (TPSA) is 57.6 Å². The van der Waals surface area contributed by atoms with E-state index in [0.29, 0.717) is 22.9 Å². The molecule has 1 aromatic carbocycles. The summed E-state index contributed by atoms with van der Waals surface area (Å²) in [6.45, 7) is 2.17. The Balaban J connectivity index is 2.07. The van der Waals surface area contributed by atoms with Gasteiger partial charge in [0.25, 0.3) is 0 Å². The van der Waals surface area contributed by atoms with E-state index in [-0.39, 0.29) is 30.7 Å². The Kier molecular flexibility index (Phi) is 4.98. The molecule has 1 fully saturated rings. The van der Waals surface area contributed by atoms with E-state index in [0.717, 1.165) is 0 Å². The van der Waals surface area contributed by atoms with Gasteiger partial charge >= 0.3 is 5.97 Å². The number of nitrogens with zero attached hydrogens (tertiary/aromatic N) is 1. The van der Waals surface area contributed by atoms with E-state index < -0.39 is 11.9 Å². The number of carbonyl (C=O) groups excluding carboxylic acids is 1. The highest BCUT2D eigenvalue weighted by atomic mass is 79.9. The van der Waals surface area contributed by atoms with Crippen LogP contribution in [0.3, 0.4) is 0 Å². The van der Waals surface area contributed by atoms with Gasteiger partial charge in [-0.15, -0.1) is 0 Å². The van der Waals surface area contributed by atoms with Crippen molar-refractivity contribution < 1.29 is 19.1 Å². The average molecular weight is 358 g/mol. The van der Waals surface area contributed by atoms with Crippen LogP contribution in [0, 0.1) is 11.7 Å². The summed E-state index contributed by atoms with van der Waals surface area (Å²) < 4.78 is 13.5. The molecule has 0 aromatic heterocycles. The first-order valence-electron chi connectivity index (χ1n) is 6.84. The third kappa shape index (κ3) is 3.81. The van der Waals surface area contributed by atoms with Crippen molar-refractivity contribution >= 4 is 27.8 Å². The minimum absolute atomic E-state index is 0.0389. The quantitative estimate of drug-likeness (QED) is 0.904. The fourth-order valence-electron chi connectivity index (χ4n) is 2.58.